The molecule has 0 atom stereocenters. The molecule has 74 valence electrons. The van der Waals surface area contributed by atoms with Gasteiger partial charge >= 0.3 is 10.2 Å². The highest BCUT2D eigenvalue weighted by Crippen LogP contribution is 2.11. The molecule has 1 N–H and O–H groups in total. The molecule has 0 aliphatic carbocycles. The zero-order valence-electron chi connectivity index (χ0n) is 7.59. The average Bonchev–Trinajstić information content (AvgIpc) is 2.24. The second kappa shape index (κ2) is 3.49. The summed E-state index contributed by atoms with van der Waals surface area (Å²) in [5, 5.41) is 0. The Morgan fingerprint density at radius 1 is 1.46 bits per heavy atom. The zero-order valence-corrected chi connectivity index (χ0v) is 8.41. The second-order valence-corrected chi connectivity index (χ2v) is 4.58. The van der Waals surface area contributed by atoms with E-state index in [9.17, 15) is 12.3 Å². The quantitative estimate of drug-likeness (QED) is 0.760. The summed E-state index contributed by atoms with van der Waals surface area (Å²) in [6.45, 7) is 3.72. The number of aromatic amines is 1. The van der Waals surface area contributed by atoms with Crippen LogP contribution in [-0.4, -0.2) is 19.2 Å². The van der Waals surface area contributed by atoms with Gasteiger partial charge in [-0.05, 0) is 31.9 Å². The van der Waals surface area contributed by atoms with Crippen LogP contribution in [0.25, 0.3) is 0 Å². The van der Waals surface area contributed by atoms with Crippen molar-refractivity contribution in [3.05, 3.63) is 23.0 Å². The van der Waals surface area contributed by atoms with E-state index in [2.05, 4.69) is 4.98 Å². The predicted octanol–water partition coefficient (Wildman–Crippen LogP) is 1.47. The van der Waals surface area contributed by atoms with E-state index in [1.807, 2.05) is 19.9 Å². The Balaban J connectivity index is 2.70. The fourth-order valence-electron chi connectivity index (χ4n) is 1.27. The van der Waals surface area contributed by atoms with Crippen molar-refractivity contribution in [1.29, 1.82) is 0 Å². The number of hydrogen-bond donors (Lipinski definition) is 1. The normalized spacial score (nSPS) is 11.9. The van der Waals surface area contributed by atoms with Gasteiger partial charge in [-0.3, -0.25) is 0 Å². The lowest BCUT2D eigenvalue weighted by molar-refractivity contribution is 0.551. The van der Waals surface area contributed by atoms with Crippen molar-refractivity contribution in [3.8, 4) is 0 Å². The molecule has 0 radical (unpaired) electrons. The smallest absolute Gasteiger partial charge is 0.302 e. The van der Waals surface area contributed by atoms with Crippen molar-refractivity contribution < 1.29 is 12.3 Å². The van der Waals surface area contributed by atoms with Gasteiger partial charge in [0.25, 0.3) is 0 Å². The summed E-state index contributed by atoms with van der Waals surface area (Å²) in [5.74, 6) is -0.439. The molecule has 0 fully saturated rings. The standard InChI is InChI=1S/C8H12FNO2S/c1-6-5-8(7(2)10-6)3-4-13(9,11)12/h5,10H,3-4H2,1-2H3. The third-order valence-electron chi connectivity index (χ3n) is 1.87. The van der Waals surface area contributed by atoms with Crippen LogP contribution in [-0.2, 0) is 16.6 Å². The SMILES string of the molecule is Cc1cc(CCS(=O)(=O)F)c(C)[nH]1. The van der Waals surface area contributed by atoms with Crippen LogP contribution in [0.15, 0.2) is 6.07 Å². The van der Waals surface area contributed by atoms with E-state index in [1.54, 1.807) is 0 Å². The maximum absolute atomic E-state index is 12.2. The van der Waals surface area contributed by atoms with Crippen LogP contribution in [0.5, 0.6) is 0 Å². The van der Waals surface area contributed by atoms with Crippen molar-refractivity contribution in [2.24, 2.45) is 0 Å². The zero-order chi connectivity index (χ0) is 10.1. The fourth-order valence-corrected chi connectivity index (χ4v) is 1.74. The molecule has 3 nitrogen and oxygen atoms in total. The van der Waals surface area contributed by atoms with Gasteiger partial charge in [0.15, 0.2) is 0 Å². The van der Waals surface area contributed by atoms with E-state index in [-0.39, 0.29) is 6.42 Å². The molecule has 0 aromatic carbocycles. The maximum atomic E-state index is 12.2. The van der Waals surface area contributed by atoms with Crippen LogP contribution >= 0.6 is 0 Å². The van der Waals surface area contributed by atoms with Gasteiger partial charge in [0.2, 0.25) is 0 Å². The third-order valence-corrected chi connectivity index (χ3v) is 2.56. The van der Waals surface area contributed by atoms with Gasteiger partial charge in [0.1, 0.15) is 0 Å². The summed E-state index contributed by atoms with van der Waals surface area (Å²) in [6.07, 6.45) is 0.231. The number of H-pyrrole nitrogens is 1. The number of hydrogen-bond acceptors (Lipinski definition) is 2. The van der Waals surface area contributed by atoms with Gasteiger partial charge in [-0.1, -0.05) is 0 Å². The van der Waals surface area contributed by atoms with Gasteiger partial charge in [-0.2, -0.15) is 8.42 Å². The molecule has 0 spiro atoms. The Morgan fingerprint density at radius 3 is 2.46 bits per heavy atom. The van der Waals surface area contributed by atoms with Gasteiger partial charge in [0.05, 0.1) is 5.75 Å². The van der Waals surface area contributed by atoms with E-state index >= 15 is 0 Å². The molecule has 13 heavy (non-hydrogen) atoms. The molecule has 0 aliphatic heterocycles. The van der Waals surface area contributed by atoms with Gasteiger partial charge in [-0.25, -0.2) is 0 Å². The number of rotatable bonds is 3. The van der Waals surface area contributed by atoms with E-state index in [1.165, 1.54) is 0 Å². The minimum atomic E-state index is -4.34. The van der Waals surface area contributed by atoms with E-state index in [0.717, 1.165) is 17.0 Å². The minimum Gasteiger partial charge on any atom is -0.362 e. The monoisotopic (exact) mass is 205 g/mol. The summed E-state index contributed by atoms with van der Waals surface area (Å²) in [4.78, 5) is 3.03. The Morgan fingerprint density at radius 2 is 2.08 bits per heavy atom. The molecule has 0 unspecified atom stereocenters. The molecule has 1 rings (SSSR count). The van der Waals surface area contributed by atoms with E-state index in [4.69, 9.17) is 0 Å². The Labute approximate surface area is 77.2 Å². The first-order valence-corrected chi connectivity index (χ1v) is 5.51. The highest BCUT2D eigenvalue weighted by molar-refractivity contribution is 7.86. The molecule has 0 saturated carbocycles. The van der Waals surface area contributed by atoms with Crippen molar-refractivity contribution in [2.75, 3.05) is 5.75 Å². The predicted molar refractivity (Wildman–Crippen MR) is 48.9 cm³/mol. The van der Waals surface area contributed by atoms with Crippen LogP contribution < -0.4 is 0 Å². The first-order chi connectivity index (χ1) is 5.88. The lowest BCUT2D eigenvalue weighted by atomic mass is 10.2. The number of halogens is 1. The molecule has 1 heterocycles. The average molecular weight is 205 g/mol. The number of nitrogens with one attached hydrogen (secondary N) is 1. The molecule has 1 aromatic heterocycles. The van der Waals surface area contributed by atoms with Crippen LogP contribution in [0.1, 0.15) is 17.0 Å². The summed E-state index contributed by atoms with van der Waals surface area (Å²) in [5.41, 5.74) is 2.73. The highest BCUT2D eigenvalue weighted by Gasteiger charge is 2.09. The van der Waals surface area contributed by atoms with E-state index < -0.39 is 16.0 Å². The van der Waals surface area contributed by atoms with Crippen LogP contribution in [0.3, 0.4) is 0 Å². The van der Waals surface area contributed by atoms with Crippen molar-refractivity contribution >= 4 is 10.2 Å². The lowest BCUT2D eigenvalue weighted by Gasteiger charge is -1.95. The fraction of sp³-hybridized carbons (Fsp3) is 0.500. The molecule has 0 aliphatic rings. The highest BCUT2D eigenvalue weighted by atomic mass is 32.3. The van der Waals surface area contributed by atoms with Crippen molar-refractivity contribution in [1.82, 2.24) is 4.98 Å². The summed E-state index contributed by atoms with van der Waals surface area (Å²) >= 11 is 0. The molecule has 0 bridgehead atoms. The van der Waals surface area contributed by atoms with Gasteiger partial charge in [-0.15, -0.1) is 3.89 Å². The van der Waals surface area contributed by atoms with Crippen molar-refractivity contribution in [2.45, 2.75) is 20.3 Å². The molecular weight excluding hydrogens is 193 g/mol. The maximum Gasteiger partial charge on any atom is 0.302 e. The van der Waals surface area contributed by atoms with Crippen LogP contribution in [0.4, 0.5) is 3.89 Å². The van der Waals surface area contributed by atoms with Crippen LogP contribution in [0, 0.1) is 13.8 Å². The number of aryl methyl sites for hydroxylation is 3. The molecular formula is C8H12FNO2S. The molecule has 0 amide bonds. The van der Waals surface area contributed by atoms with Gasteiger partial charge in [0, 0.05) is 11.4 Å². The van der Waals surface area contributed by atoms with E-state index in [0.29, 0.717) is 0 Å². The van der Waals surface area contributed by atoms with Crippen LogP contribution in [0.2, 0.25) is 0 Å². The minimum absolute atomic E-state index is 0.231. The summed E-state index contributed by atoms with van der Waals surface area (Å²) < 4.78 is 32.7. The summed E-state index contributed by atoms with van der Waals surface area (Å²) in [6, 6.07) is 1.83. The first-order valence-electron chi connectivity index (χ1n) is 3.96. The topological polar surface area (TPSA) is 49.9 Å². The first kappa shape index (κ1) is 10.2. The Hall–Kier alpha value is -0.840. The Kier molecular flexibility index (Phi) is 2.75. The summed E-state index contributed by atoms with van der Waals surface area (Å²) in [7, 11) is -4.34. The molecule has 5 heteroatoms. The van der Waals surface area contributed by atoms with Crippen molar-refractivity contribution in [3.63, 3.8) is 0 Å². The molecule has 1 aromatic rings. The lowest BCUT2D eigenvalue weighted by Crippen LogP contribution is -2.02. The van der Waals surface area contributed by atoms with Gasteiger partial charge < -0.3 is 4.98 Å². The third kappa shape index (κ3) is 3.18. The molecule has 0 saturated heterocycles. The Bertz CT molecular complexity index is 394. The second-order valence-electron chi connectivity index (χ2n) is 3.10. The number of aromatic nitrogens is 1. The largest absolute Gasteiger partial charge is 0.362 e.